The molecule has 1 N–H and O–H groups in total. The smallest absolute Gasteiger partial charge is 0.219 e. The number of aromatic nitrogens is 2. The summed E-state index contributed by atoms with van der Waals surface area (Å²) in [5, 5.41) is 3.35. The van der Waals surface area contributed by atoms with Crippen LogP contribution in [0.1, 0.15) is 12.5 Å². The number of hydrogen-bond donors (Lipinski definition) is 1. The van der Waals surface area contributed by atoms with E-state index in [1.807, 2.05) is 13.1 Å². The Morgan fingerprint density at radius 2 is 2.24 bits per heavy atom. The minimum absolute atomic E-state index is 0.650. The molecule has 0 radical (unpaired) electrons. The minimum atomic E-state index is 0.650. The fourth-order valence-electron chi connectivity index (χ4n) is 2.00. The van der Waals surface area contributed by atoms with Crippen molar-refractivity contribution >= 4 is 0 Å². The van der Waals surface area contributed by atoms with Crippen molar-refractivity contribution in [2.45, 2.75) is 13.3 Å². The lowest BCUT2D eigenvalue weighted by Gasteiger charge is -2.27. The monoisotopic (exact) mass is 236 g/mol. The highest BCUT2D eigenvalue weighted by atomic mass is 16.5. The van der Waals surface area contributed by atoms with E-state index >= 15 is 0 Å². The second kappa shape index (κ2) is 6.51. The lowest BCUT2D eigenvalue weighted by molar-refractivity contribution is 0.242. The average molecular weight is 236 g/mol. The molecule has 94 valence electrons. The Balaban J connectivity index is 1.88. The highest BCUT2D eigenvalue weighted by Crippen LogP contribution is 2.14. The molecule has 0 atom stereocenters. The molecule has 5 nitrogen and oxygen atoms in total. The Kier molecular flexibility index (Phi) is 4.70. The predicted octanol–water partition coefficient (Wildman–Crippen LogP) is 0.323. The predicted molar refractivity (Wildman–Crippen MR) is 66.2 cm³/mol. The van der Waals surface area contributed by atoms with Gasteiger partial charge >= 0.3 is 0 Å². The maximum absolute atomic E-state index is 5.49. The highest BCUT2D eigenvalue weighted by Gasteiger charge is 2.11. The average Bonchev–Trinajstić information content (AvgIpc) is 2.39. The molecule has 0 unspecified atom stereocenters. The molecular formula is C12H20N4O. The summed E-state index contributed by atoms with van der Waals surface area (Å²) in [6.45, 7) is 8.09. The second-order valence-electron chi connectivity index (χ2n) is 4.13. The molecule has 1 aromatic rings. The highest BCUT2D eigenvalue weighted by molar-refractivity contribution is 5.22. The van der Waals surface area contributed by atoms with Crippen LogP contribution in [-0.2, 0) is 6.42 Å². The Morgan fingerprint density at radius 1 is 1.41 bits per heavy atom. The van der Waals surface area contributed by atoms with Gasteiger partial charge in [-0.05, 0) is 13.3 Å². The molecule has 0 bridgehead atoms. The van der Waals surface area contributed by atoms with Crippen molar-refractivity contribution in [1.29, 1.82) is 0 Å². The van der Waals surface area contributed by atoms with Gasteiger partial charge in [-0.15, -0.1) is 0 Å². The van der Waals surface area contributed by atoms with Crippen LogP contribution in [0, 0.1) is 0 Å². The van der Waals surface area contributed by atoms with Crippen molar-refractivity contribution in [3.63, 3.8) is 0 Å². The standard InChI is InChI=1S/C12H20N4O/c1-2-17-12-11(9-14-10-15-12)3-6-16-7-4-13-5-8-16/h9-10,13H,2-8H2,1H3. The first kappa shape index (κ1) is 12.3. The third-order valence-corrected chi connectivity index (χ3v) is 2.93. The van der Waals surface area contributed by atoms with Crippen LogP contribution in [0.2, 0.25) is 0 Å². The van der Waals surface area contributed by atoms with Crippen molar-refractivity contribution in [1.82, 2.24) is 20.2 Å². The maximum Gasteiger partial charge on any atom is 0.219 e. The van der Waals surface area contributed by atoms with Crippen LogP contribution in [0.25, 0.3) is 0 Å². The van der Waals surface area contributed by atoms with E-state index in [9.17, 15) is 0 Å². The fourth-order valence-corrected chi connectivity index (χ4v) is 2.00. The second-order valence-corrected chi connectivity index (χ2v) is 4.13. The zero-order valence-corrected chi connectivity index (χ0v) is 10.4. The Labute approximate surface area is 102 Å². The summed E-state index contributed by atoms with van der Waals surface area (Å²) in [7, 11) is 0. The van der Waals surface area contributed by atoms with Crippen molar-refractivity contribution in [2.24, 2.45) is 0 Å². The van der Waals surface area contributed by atoms with E-state index < -0.39 is 0 Å². The van der Waals surface area contributed by atoms with Crippen LogP contribution in [0.5, 0.6) is 5.88 Å². The van der Waals surface area contributed by atoms with Gasteiger partial charge in [-0.3, -0.25) is 0 Å². The van der Waals surface area contributed by atoms with Crippen LogP contribution in [0.3, 0.4) is 0 Å². The van der Waals surface area contributed by atoms with Crippen molar-refractivity contribution in [3.05, 3.63) is 18.1 Å². The molecule has 2 rings (SSSR count). The van der Waals surface area contributed by atoms with E-state index in [2.05, 4.69) is 20.2 Å². The van der Waals surface area contributed by atoms with E-state index in [4.69, 9.17) is 4.74 Å². The summed E-state index contributed by atoms with van der Waals surface area (Å²) in [6.07, 6.45) is 4.36. The third kappa shape index (κ3) is 3.64. The van der Waals surface area contributed by atoms with Crippen LogP contribution < -0.4 is 10.1 Å². The molecule has 2 heterocycles. The number of hydrogen-bond acceptors (Lipinski definition) is 5. The molecule has 1 fully saturated rings. The molecule has 0 saturated carbocycles. The summed E-state index contributed by atoms with van der Waals surface area (Å²) >= 11 is 0. The molecular weight excluding hydrogens is 216 g/mol. The maximum atomic E-state index is 5.49. The third-order valence-electron chi connectivity index (χ3n) is 2.93. The number of nitrogens with one attached hydrogen (secondary N) is 1. The first-order valence-corrected chi connectivity index (χ1v) is 6.25. The molecule has 1 aromatic heterocycles. The molecule has 0 aliphatic carbocycles. The lowest BCUT2D eigenvalue weighted by atomic mass is 10.2. The largest absolute Gasteiger partial charge is 0.478 e. The van der Waals surface area contributed by atoms with Gasteiger partial charge in [-0.1, -0.05) is 0 Å². The van der Waals surface area contributed by atoms with E-state index in [0.717, 1.165) is 50.6 Å². The van der Waals surface area contributed by atoms with E-state index in [1.165, 1.54) is 0 Å². The zero-order chi connectivity index (χ0) is 11.9. The molecule has 5 heteroatoms. The van der Waals surface area contributed by atoms with Gasteiger partial charge in [0.05, 0.1) is 6.61 Å². The zero-order valence-electron chi connectivity index (χ0n) is 10.4. The summed E-state index contributed by atoms with van der Waals surface area (Å²) in [5.41, 5.74) is 1.10. The minimum Gasteiger partial charge on any atom is -0.478 e. The van der Waals surface area contributed by atoms with Gasteiger partial charge < -0.3 is 15.0 Å². The first-order chi connectivity index (χ1) is 8.40. The Hall–Kier alpha value is -1.20. The van der Waals surface area contributed by atoms with Crippen LogP contribution in [-0.4, -0.2) is 54.2 Å². The van der Waals surface area contributed by atoms with Gasteiger partial charge in [-0.25, -0.2) is 9.97 Å². The lowest BCUT2D eigenvalue weighted by Crippen LogP contribution is -2.44. The SMILES string of the molecule is CCOc1ncncc1CCN1CCNCC1. The quantitative estimate of drug-likeness (QED) is 0.798. The van der Waals surface area contributed by atoms with E-state index in [0.29, 0.717) is 6.61 Å². The molecule has 0 amide bonds. The van der Waals surface area contributed by atoms with Crippen LogP contribution in [0.15, 0.2) is 12.5 Å². The molecule has 1 aliphatic heterocycles. The van der Waals surface area contributed by atoms with E-state index in [1.54, 1.807) is 6.33 Å². The fraction of sp³-hybridized carbons (Fsp3) is 0.667. The van der Waals surface area contributed by atoms with Crippen molar-refractivity contribution in [3.8, 4) is 5.88 Å². The van der Waals surface area contributed by atoms with E-state index in [-0.39, 0.29) is 0 Å². The summed E-state index contributed by atoms with van der Waals surface area (Å²) < 4.78 is 5.49. The Morgan fingerprint density at radius 3 is 3.00 bits per heavy atom. The van der Waals surface area contributed by atoms with Crippen molar-refractivity contribution in [2.75, 3.05) is 39.3 Å². The normalized spacial score (nSPS) is 17.0. The van der Waals surface area contributed by atoms with Gasteiger partial charge in [0, 0.05) is 44.5 Å². The molecule has 17 heavy (non-hydrogen) atoms. The van der Waals surface area contributed by atoms with Gasteiger partial charge in [-0.2, -0.15) is 0 Å². The molecule has 0 aromatic carbocycles. The first-order valence-electron chi connectivity index (χ1n) is 6.25. The summed E-state index contributed by atoms with van der Waals surface area (Å²) in [4.78, 5) is 10.7. The number of piperazine rings is 1. The number of ether oxygens (including phenoxy) is 1. The van der Waals surface area contributed by atoms with Gasteiger partial charge in [0.2, 0.25) is 5.88 Å². The molecule has 1 saturated heterocycles. The van der Waals surface area contributed by atoms with Gasteiger partial charge in [0.25, 0.3) is 0 Å². The summed E-state index contributed by atoms with van der Waals surface area (Å²) in [5.74, 6) is 0.734. The topological polar surface area (TPSA) is 50.3 Å². The van der Waals surface area contributed by atoms with Crippen LogP contribution >= 0.6 is 0 Å². The molecule has 1 aliphatic rings. The van der Waals surface area contributed by atoms with Gasteiger partial charge in [0.1, 0.15) is 6.33 Å². The Bertz CT molecular complexity index is 339. The number of nitrogens with zero attached hydrogens (tertiary/aromatic N) is 3. The van der Waals surface area contributed by atoms with Crippen molar-refractivity contribution < 1.29 is 4.74 Å². The van der Waals surface area contributed by atoms with Crippen LogP contribution in [0.4, 0.5) is 0 Å². The number of rotatable bonds is 5. The summed E-state index contributed by atoms with van der Waals surface area (Å²) in [6, 6.07) is 0. The molecule has 0 spiro atoms. The van der Waals surface area contributed by atoms with Gasteiger partial charge in [0.15, 0.2) is 0 Å².